The lowest BCUT2D eigenvalue weighted by atomic mass is 9.87. The topological polar surface area (TPSA) is 75.6 Å². The zero-order valence-corrected chi connectivity index (χ0v) is 14.0. The Balaban J connectivity index is 2.22. The Kier molecular flexibility index (Phi) is 5.75. The third kappa shape index (κ3) is 3.96. The van der Waals surface area contributed by atoms with Crippen molar-refractivity contribution in [2.45, 2.75) is 31.9 Å². The number of carbonyl (C=O) groups is 2. The smallest absolute Gasteiger partial charge is 0.334 e. The lowest BCUT2D eigenvalue weighted by molar-refractivity contribution is -0.149. The van der Waals surface area contributed by atoms with Gasteiger partial charge in [-0.15, -0.1) is 0 Å². The number of benzene rings is 2. The minimum absolute atomic E-state index is 0.0673. The Morgan fingerprint density at radius 3 is 2.32 bits per heavy atom. The summed E-state index contributed by atoms with van der Waals surface area (Å²) in [6, 6.07) is 14.2. The van der Waals surface area contributed by atoms with Gasteiger partial charge in [0.15, 0.2) is 23.2 Å². The first-order chi connectivity index (χ1) is 11.9. The maximum absolute atomic E-state index is 13.7. The van der Waals surface area contributed by atoms with Crippen molar-refractivity contribution < 1.29 is 23.8 Å². The lowest BCUT2D eigenvalue weighted by Crippen LogP contribution is -2.54. The molecule has 2 aromatic carbocycles. The number of nitrogens with one attached hydrogen (secondary N) is 1. The van der Waals surface area contributed by atoms with Gasteiger partial charge in [0.05, 0.1) is 0 Å². The molecule has 0 heterocycles. The van der Waals surface area contributed by atoms with Crippen molar-refractivity contribution in [3.05, 3.63) is 66.0 Å². The fourth-order valence-electron chi connectivity index (χ4n) is 2.51. The van der Waals surface area contributed by atoms with E-state index in [2.05, 4.69) is 5.32 Å². The van der Waals surface area contributed by atoms with Gasteiger partial charge in [0.25, 0.3) is 5.91 Å². The van der Waals surface area contributed by atoms with Crippen molar-refractivity contribution in [3.8, 4) is 5.75 Å². The van der Waals surface area contributed by atoms with Crippen molar-refractivity contribution in [3.63, 3.8) is 0 Å². The Morgan fingerprint density at radius 2 is 1.76 bits per heavy atom. The van der Waals surface area contributed by atoms with E-state index >= 15 is 0 Å². The fourth-order valence-corrected chi connectivity index (χ4v) is 2.51. The Morgan fingerprint density at radius 1 is 1.16 bits per heavy atom. The lowest BCUT2D eigenvalue weighted by Gasteiger charge is -2.31. The van der Waals surface area contributed by atoms with Crippen LogP contribution in [0.1, 0.15) is 25.8 Å². The standard InChI is InChI=1S/C19H20FNO4/c1-3-19(18(23)24,14-9-5-4-6-10-14)21-17(22)13(2)25-16-12-8-7-11-15(16)20/h4-13H,3H2,1-2H3,(H,21,22)(H,23,24). The van der Waals surface area contributed by atoms with Crippen LogP contribution in [-0.2, 0) is 15.1 Å². The third-order valence-corrected chi connectivity index (χ3v) is 4.01. The van der Waals surface area contributed by atoms with Crippen molar-refractivity contribution >= 4 is 11.9 Å². The Bertz CT molecular complexity index is 750. The molecule has 0 aliphatic carbocycles. The van der Waals surface area contributed by atoms with Crippen LogP contribution in [0.15, 0.2) is 54.6 Å². The number of hydrogen-bond donors (Lipinski definition) is 2. The molecule has 0 radical (unpaired) electrons. The zero-order chi connectivity index (χ0) is 18.4. The van der Waals surface area contributed by atoms with Gasteiger partial charge < -0.3 is 15.2 Å². The molecule has 2 rings (SSSR count). The van der Waals surface area contributed by atoms with Gasteiger partial charge in [0, 0.05) is 0 Å². The summed E-state index contributed by atoms with van der Waals surface area (Å²) in [5.41, 5.74) is -1.12. The minimum Gasteiger partial charge on any atom is -0.479 e. The number of carboxylic acid groups (broad SMARTS) is 1. The summed E-state index contributed by atoms with van der Waals surface area (Å²) in [6.07, 6.45) is -0.921. The molecule has 0 saturated carbocycles. The largest absolute Gasteiger partial charge is 0.479 e. The van der Waals surface area contributed by atoms with E-state index in [1.54, 1.807) is 43.3 Å². The van der Waals surface area contributed by atoms with Gasteiger partial charge in [-0.05, 0) is 31.0 Å². The van der Waals surface area contributed by atoms with Crippen molar-refractivity contribution in [2.75, 3.05) is 0 Å². The Hall–Kier alpha value is -2.89. The van der Waals surface area contributed by atoms with Crippen molar-refractivity contribution in [2.24, 2.45) is 0 Å². The van der Waals surface area contributed by atoms with E-state index in [4.69, 9.17) is 4.74 Å². The molecule has 0 spiro atoms. The maximum Gasteiger partial charge on any atom is 0.334 e. The highest BCUT2D eigenvalue weighted by atomic mass is 19.1. The second-order valence-corrected chi connectivity index (χ2v) is 5.61. The number of carboxylic acids is 1. The van der Waals surface area contributed by atoms with Gasteiger partial charge in [0.1, 0.15) is 0 Å². The van der Waals surface area contributed by atoms with Crippen molar-refractivity contribution in [1.82, 2.24) is 5.32 Å². The first-order valence-electron chi connectivity index (χ1n) is 7.93. The minimum atomic E-state index is -1.58. The summed E-state index contributed by atoms with van der Waals surface area (Å²) in [5, 5.41) is 12.3. The van der Waals surface area contributed by atoms with Crippen molar-refractivity contribution in [1.29, 1.82) is 0 Å². The number of aliphatic carboxylic acids is 1. The molecule has 0 saturated heterocycles. The van der Waals surface area contributed by atoms with E-state index in [9.17, 15) is 19.1 Å². The highest BCUT2D eigenvalue weighted by Crippen LogP contribution is 2.26. The molecule has 132 valence electrons. The molecule has 25 heavy (non-hydrogen) atoms. The fraction of sp³-hybridized carbons (Fsp3) is 0.263. The molecule has 2 unspecified atom stereocenters. The normalized spacial score (nSPS) is 14.2. The van der Waals surface area contributed by atoms with Gasteiger partial charge >= 0.3 is 5.97 Å². The van der Waals surface area contributed by atoms with Gasteiger partial charge in [-0.1, -0.05) is 49.4 Å². The number of rotatable bonds is 7. The maximum atomic E-state index is 13.7. The van der Waals surface area contributed by atoms with Crippen LogP contribution >= 0.6 is 0 Å². The number of carbonyl (C=O) groups excluding carboxylic acids is 1. The molecule has 5 nitrogen and oxygen atoms in total. The molecular weight excluding hydrogens is 325 g/mol. The average molecular weight is 345 g/mol. The number of ether oxygens (including phenoxy) is 1. The van der Waals surface area contributed by atoms with E-state index in [0.29, 0.717) is 5.56 Å². The van der Waals surface area contributed by atoms with E-state index in [0.717, 1.165) is 0 Å². The molecule has 6 heteroatoms. The number of halogens is 1. The van der Waals surface area contributed by atoms with Gasteiger partial charge in [-0.25, -0.2) is 9.18 Å². The summed E-state index contributed by atoms with van der Waals surface area (Å²) >= 11 is 0. The van der Waals surface area contributed by atoms with Crippen LogP contribution in [0.25, 0.3) is 0 Å². The SMILES string of the molecule is CCC(NC(=O)C(C)Oc1ccccc1F)(C(=O)O)c1ccccc1. The highest BCUT2D eigenvalue weighted by molar-refractivity contribution is 5.90. The first kappa shape index (κ1) is 18.4. The first-order valence-corrected chi connectivity index (χ1v) is 7.93. The van der Waals surface area contributed by atoms with Crippen LogP contribution in [0, 0.1) is 5.82 Å². The van der Waals surface area contributed by atoms with E-state index < -0.39 is 29.3 Å². The number of para-hydroxylation sites is 1. The molecule has 2 aromatic rings. The second kappa shape index (κ2) is 7.79. The van der Waals surface area contributed by atoms with Crippen LogP contribution in [-0.4, -0.2) is 23.1 Å². The van der Waals surface area contributed by atoms with Gasteiger partial charge in [-0.3, -0.25) is 4.79 Å². The van der Waals surface area contributed by atoms with Gasteiger partial charge in [0.2, 0.25) is 0 Å². The summed E-state index contributed by atoms with van der Waals surface area (Å²) < 4.78 is 19.0. The molecule has 1 amide bonds. The summed E-state index contributed by atoms with van der Waals surface area (Å²) in [5.74, 6) is -2.48. The van der Waals surface area contributed by atoms with E-state index in [1.807, 2.05) is 0 Å². The number of amides is 1. The van der Waals surface area contributed by atoms with E-state index in [1.165, 1.54) is 25.1 Å². The predicted octanol–water partition coefficient (Wildman–Crippen LogP) is 3.10. The Labute approximate surface area is 145 Å². The second-order valence-electron chi connectivity index (χ2n) is 5.61. The predicted molar refractivity (Wildman–Crippen MR) is 90.7 cm³/mol. The highest BCUT2D eigenvalue weighted by Gasteiger charge is 2.41. The van der Waals surface area contributed by atoms with Crippen LogP contribution in [0.5, 0.6) is 5.75 Å². The molecule has 0 aromatic heterocycles. The zero-order valence-electron chi connectivity index (χ0n) is 14.0. The molecule has 0 aliphatic heterocycles. The van der Waals surface area contributed by atoms with Crippen LogP contribution in [0.4, 0.5) is 4.39 Å². The van der Waals surface area contributed by atoms with Crippen LogP contribution in [0.2, 0.25) is 0 Å². The molecular formula is C19H20FNO4. The van der Waals surface area contributed by atoms with Crippen LogP contribution in [0.3, 0.4) is 0 Å². The molecule has 0 bridgehead atoms. The summed E-state index contributed by atoms with van der Waals surface area (Å²) in [6.45, 7) is 3.11. The van der Waals surface area contributed by atoms with E-state index in [-0.39, 0.29) is 12.2 Å². The molecule has 2 N–H and O–H groups in total. The molecule has 0 aliphatic rings. The summed E-state index contributed by atoms with van der Waals surface area (Å²) in [7, 11) is 0. The average Bonchev–Trinajstić information content (AvgIpc) is 2.61. The quantitative estimate of drug-likeness (QED) is 0.808. The number of hydrogen-bond acceptors (Lipinski definition) is 3. The monoisotopic (exact) mass is 345 g/mol. The van der Waals surface area contributed by atoms with Gasteiger partial charge in [-0.2, -0.15) is 0 Å². The molecule has 0 fully saturated rings. The third-order valence-electron chi connectivity index (χ3n) is 4.01. The summed E-state index contributed by atoms with van der Waals surface area (Å²) in [4.78, 5) is 24.4. The molecule has 2 atom stereocenters. The van der Waals surface area contributed by atoms with Crippen LogP contribution < -0.4 is 10.1 Å².